The van der Waals surface area contributed by atoms with Crippen LogP contribution in [0, 0.1) is 41.7 Å². The van der Waals surface area contributed by atoms with E-state index in [1.165, 1.54) is 41.7 Å². The fraction of sp³-hybridized carbons (Fsp3) is 0. The molecule has 118 valence electrons. The lowest BCUT2D eigenvalue weighted by Gasteiger charge is -2.02. The fourth-order valence-electron chi connectivity index (χ4n) is 3.83. The van der Waals surface area contributed by atoms with Crippen molar-refractivity contribution in [3.05, 3.63) is 137 Å². The number of hydrogen-bond acceptors (Lipinski definition) is 0. The SMILES string of the molecule is Brc1ccc2/c(c1)=c1/cccc/c1=c1\cccc\c1=c1/cccc/c1=2. The van der Waals surface area contributed by atoms with Crippen LogP contribution in [0.2, 0.25) is 0 Å². The van der Waals surface area contributed by atoms with Gasteiger partial charge in [-0.25, -0.2) is 0 Å². The molecule has 0 aromatic heterocycles. The molecule has 25 heavy (non-hydrogen) atoms. The van der Waals surface area contributed by atoms with E-state index in [0.717, 1.165) is 4.47 Å². The summed E-state index contributed by atoms with van der Waals surface area (Å²) in [7, 11) is 0. The van der Waals surface area contributed by atoms with E-state index in [9.17, 15) is 0 Å². The number of fused-ring (bicyclic) bond motifs is 4. The monoisotopic (exact) mass is 382 g/mol. The van der Waals surface area contributed by atoms with Crippen LogP contribution in [0.1, 0.15) is 0 Å². The van der Waals surface area contributed by atoms with Crippen molar-refractivity contribution in [1.29, 1.82) is 0 Å². The van der Waals surface area contributed by atoms with Crippen LogP contribution in [0.3, 0.4) is 0 Å². The molecule has 0 spiro atoms. The van der Waals surface area contributed by atoms with Gasteiger partial charge < -0.3 is 0 Å². The summed E-state index contributed by atoms with van der Waals surface area (Å²) < 4.78 is 1.10. The van der Waals surface area contributed by atoms with Gasteiger partial charge in [-0.3, -0.25) is 0 Å². The van der Waals surface area contributed by atoms with Crippen LogP contribution >= 0.6 is 15.9 Å². The Hall–Kier alpha value is -2.64. The summed E-state index contributed by atoms with van der Waals surface area (Å²) in [6.45, 7) is 0. The molecule has 1 aliphatic rings. The molecule has 0 amide bonds. The second-order valence-electron chi connectivity index (χ2n) is 6.33. The molecule has 0 saturated carbocycles. The largest absolute Gasteiger partial charge is 0.0616 e. The first-order chi connectivity index (χ1) is 12.3. The van der Waals surface area contributed by atoms with Crippen LogP contribution in [-0.4, -0.2) is 0 Å². The first-order valence-corrected chi connectivity index (χ1v) is 9.20. The summed E-state index contributed by atoms with van der Waals surface area (Å²) in [5.74, 6) is 0. The first-order valence-electron chi connectivity index (χ1n) is 8.41. The van der Waals surface area contributed by atoms with Gasteiger partial charge in [0.1, 0.15) is 0 Å². The third-order valence-electron chi connectivity index (χ3n) is 4.92. The van der Waals surface area contributed by atoms with E-state index in [0.29, 0.717) is 0 Å². The van der Waals surface area contributed by atoms with Gasteiger partial charge >= 0.3 is 0 Å². The van der Waals surface area contributed by atoms with Gasteiger partial charge in [-0.2, -0.15) is 0 Å². The van der Waals surface area contributed by atoms with E-state index in [4.69, 9.17) is 0 Å². The molecule has 0 saturated heterocycles. The molecule has 0 fully saturated rings. The second kappa shape index (κ2) is 5.72. The van der Waals surface area contributed by atoms with Crippen LogP contribution in [0.4, 0.5) is 0 Å². The third-order valence-corrected chi connectivity index (χ3v) is 5.42. The Bertz CT molecular complexity index is 1500. The topological polar surface area (TPSA) is 0 Å². The summed E-state index contributed by atoms with van der Waals surface area (Å²) >= 11 is 3.66. The zero-order chi connectivity index (χ0) is 16.8. The Kier molecular flexibility index (Phi) is 3.36. The standard InChI is InChI=1S/C24H15Br/c25-16-13-14-23-21-11-4-3-9-19(21)17-7-1-2-8-18(17)20-10-5-6-12-22(20)24(23)15-16/h1-15H/b19-17-,20-18-,23-21-,24-22-. The van der Waals surface area contributed by atoms with Crippen LogP contribution in [0.5, 0.6) is 0 Å². The average molecular weight is 383 g/mol. The van der Waals surface area contributed by atoms with Crippen molar-refractivity contribution in [2.45, 2.75) is 0 Å². The third kappa shape index (κ3) is 2.27. The van der Waals surface area contributed by atoms with Gasteiger partial charge in [0.15, 0.2) is 0 Å². The van der Waals surface area contributed by atoms with Crippen molar-refractivity contribution in [2.24, 2.45) is 0 Å². The lowest BCUT2D eigenvalue weighted by molar-refractivity contribution is 1.28. The lowest BCUT2D eigenvalue weighted by atomic mass is 10.0. The van der Waals surface area contributed by atoms with Gasteiger partial charge in [0.05, 0.1) is 0 Å². The zero-order valence-corrected chi connectivity index (χ0v) is 15.1. The maximum Gasteiger partial charge on any atom is 0.0181 e. The van der Waals surface area contributed by atoms with Crippen molar-refractivity contribution in [1.82, 2.24) is 0 Å². The van der Waals surface area contributed by atoms with E-state index in [1.54, 1.807) is 0 Å². The highest BCUT2D eigenvalue weighted by atomic mass is 79.9. The highest BCUT2D eigenvalue weighted by Crippen LogP contribution is 2.16. The van der Waals surface area contributed by atoms with Crippen LogP contribution in [0.25, 0.3) is 0 Å². The summed E-state index contributed by atoms with van der Waals surface area (Å²) in [4.78, 5) is 0. The van der Waals surface area contributed by atoms with E-state index >= 15 is 0 Å². The molecule has 0 atom stereocenters. The maximum absolute atomic E-state index is 3.66. The Morgan fingerprint density at radius 2 is 0.680 bits per heavy atom. The first kappa shape index (κ1) is 14.7. The van der Waals surface area contributed by atoms with Gasteiger partial charge in [0.2, 0.25) is 0 Å². The molecule has 1 aliphatic carbocycles. The van der Waals surface area contributed by atoms with Crippen molar-refractivity contribution in [3.63, 3.8) is 0 Å². The molecule has 0 N–H and O–H groups in total. The molecule has 0 heterocycles. The predicted molar refractivity (Wildman–Crippen MR) is 104 cm³/mol. The minimum atomic E-state index is 1.10. The summed E-state index contributed by atoms with van der Waals surface area (Å²) in [6.07, 6.45) is 0. The van der Waals surface area contributed by atoms with Crippen molar-refractivity contribution >= 4 is 15.9 Å². The van der Waals surface area contributed by atoms with Crippen molar-refractivity contribution in [3.8, 4) is 0 Å². The van der Waals surface area contributed by atoms with E-state index in [2.05, 4.69) is 107 Å². The number of halogens is 1. The Balaban J connectivity index is 2.46. The average Bonchev–Trinajstić information content (AvgIpc) is 2.67. The van der Waals surface area contributed by atoms with E-state index in [1.807, 2.05) is 0 Å². The normalized spacial score (nSPS) is 17.2. The smallest absolute Gasteiger partial charge is 0.0181 e. The van der Waals surface area contributed by atoms with Crippen LogP contribution in [-0.2, 0) is 0 Å². The molecule has 0 nitrogen and oxygen atoms in total. The fourth-order valence-corrected chi connectivity index (χ4v) is 4.19. The van der Waals surface area contributed by atoms with Crippen molar-refractivity contribution < 1.29 is 0 Å². The molecule has 0 aliphatic heterocycles. The summed E-state index contributed by atoms with van der Waals surface area (Å²) in [5.41, 5.74) is 0. The molecule has 0 unspecified atom stereocenters. The van der Waals surface area contributed by atoms with Gasteiger partial charge in [-0.15, -0.1) is 0 Å². The zero-order valence-electron chi connectivity index (χ0n) is 13.5. The minimum Gasteiger partial charge on any atom is -0.0616 e. The van der Waals surface area contributed by atoms with Gasteiger partial charge in [-0.1, -0.05) is 94.8 Å². The predicted octanol–water partition coefficient (Wildman–Crippen LogP) is 5.91. The quantitative estimate of drug-likeness (QED) is 0.312. The second-order valence-corrected chi connectivity index (χ2v) is 7.24. The highest BCUT2D eigenvalue weighted by molar-refractivity contribution is 9.10. The van der Waals surface area contributed by atoms with Crippen LogP contribution < -0.4 is 0 Å². The van der Waals surface area contributed by atoms with E-state index in [-0.39, 0.29) is 0 Å². The van der Waals surface area contributed by atoms with Crippen molar-refractivity contribution in [2.75, 3.05) is 0 Å². The van der Waals surface area contributed by atoms with Crippen LogP contribution in [0.15, 0.2) is 95.5 Å². The van der Waals surface area contributed by atoms with Gasteiger partial charge in [0, 0.05) is 4.47 Å². The molecule has 0 radical (unpaired) electrons. The highest BCUT2D eigenvalue weighted by Gasteiger charge is 2.00. The maximum atomic E-state index is 3.66. The molecular weight excluding hydrogens is 368 g/mol. The molecule has 5 rings (SSSR count). The number of rotatable bonds is 0. The van der Waals surface area contributed by atoms with E-state index < -0.39 is 0 Å². The Morgan fingerprint density at radius 1 is 0.360 bits per heavy atom. The molecular formula is C24H15Br. The minimum absolute atomic E-state index is 1.10. The summed E-state index contributed by atoms with van der Waals surface area (Å²) in [5, 5.41) is 10.3. The lowest BCUT2D eigenvalue weighted by Crippen LogP contribution is -1.89. The number of hydrogen-bond donors (Lipinski definition) is 0. The van der Waals surface area contributed by atoms with Gasteiger partial charge in [0.25, 0.3) is 0 Å². The molecule has 4 aromatic carbocycles. The Labute approximate surface area is 153 Å². The summed E-state index contributed by atoms with van der Waals surface area (Å²) in [6, 6.07) is 32.7. The number of benzene rings is 4. The molecule has 0 bridgehead atoms. The Morgan fingerprint density at radius 3 is 1.08 bits per heavy atom. The van der Waals surface area contributed by atoms with Gasteiger partial charge in [-0.05, 0) is 53.9 Å². The molecule has 4 aromatic rings. The molecule has 1 heteroatoms.